The van der Waals surface area contributed by atoms with Gasteiger partial charge in [-0.2, -0.15) is 0 Å². The predicted molar refractivity (Wildman–Crippen MR) is 65.7 cm³/mol. The zero-order valence-corrected chi connectivity index (χ0v) is 11.6. The summed E-state index contributed by atoms with van der Waals surface area (Å²) in [5, 5.41) is 0. The van der Waals surface area contributed by atoms with E-state index < -0.39 is 0 Å². The van der Waals surface area contributed by atoms with Crippen LogP contribution in [-0.2, 0) is 4.74 Å². The van der Waals surface area contributed by atoms with Crippen LogP contribution in [0.4, 0.5) is 0 Å². The quantitative estimate of drug-likeness (QED) is 0.452. The Morgan fingerprint density at radius 2 is 1.59 bits per heavy atom. The SMILES string of the molecule is C[N+](C)(C)CCOCCOc1ccccc1.[Cl-]. The highest BCUT2D eigenvalue weighted by Crippen LogP contribution is 2.07. The average Bonchev–Trinajstić information content (AvgIpc) is 2.23. The summed E-state index contributed by atoms with van der Waals surface area (Å²) in [6.45, 7) is 3.06. The molecule has 0 heterocycles. The maximum atomic E-state index is 5.51. The first-order chi connectivity index (χ1) is 7.58. The number of benzene rings is 1. The molecule has 0 radical (unpaired) electrons. The number of hydrogen-bond donors (Lipinski definition) is 0. The van der Waals surface area contributed by atoms with Crippen molar-refractivity contribution >= 4 is 0 Å². The second kappa shape index (κ2) is 8.34. The molecule has 0 saturated heterocycles. The molecule has 0 aromatic heterocycles. The first-order valence-corrected chi connectivity index (χ1v) is 5.64. The van der Waals surface area contributed by atoms with Crippen molar-refractivity contribution in [2.75, 3.05) is 47.5 Å². The van der Waals surface area contributed by atoms with Crippen LogP contribution in [0.2, 0.25) is 0 Å². The van der Waals surface area contributed by atoms with Crippen molar-refractivity contribution in [3.63, 3.8) is 0 Å². The topological polar surface area (TPSA) is 18.5 Å². The van der Waals surface area contributed by atoms with Crippen molar-refractivity contribution < 1.29 is 26.4 Å². The molecule has 0 amide bonds. The Hall–Kier alpha value is -0.770. The van der Waals surface area contributed by atoms with Gasteiger partial charge in [0.1, 0.15) is 18.9 Å². The Labute approximate surface area is 110 Å². The fourth-order valence-corrected chi connectivity index (χ4v) is 1.18. The molecule has 0 atom stereocenters. The monoisotopic (exact) mass is 259 g/mol. The second-order valence-electron chi connectivity index (χ2n) is 4.79. The third-order valence-electron chi connectivity index (χ3n) is 2.15. The molecule has 1 aromatic carbocycles. The van der Waals surface area contributed by atoms with Crippen LogP contribution in [0, 0.1) is 0 Å². The number of nitrogens with zero attached hydrogens (tertiary/aromatic N) is 1. The highest BCUT2D eigenvalue weighted by molar-refractivity contribution is 5.20. The van der Waals surface area contributed by atoms with Gasteiger partial charge in [0, 0.05) is 0 Å². The molecule has 0 spiro atoms. The minimum absolute atomic E-state index is 0. The summed E-state index contributed by atoms with van der Waals surface area (Å²) in [4.78, 5) is 0. The van der Waals surface area contributed by atoms with Crippen molar-refractivity contribution in [2.45, 2.75) is 0 Å². The van der Waals surface area contributed by atoms with E-state index in [4.69, 9.17) is 9.47 Å². The maximum Gasteiger partial charge on any atom is 0.119 e. The van der Waals surface area contributed by atoms with E-state index in [1.807, 2.05) is 30.3 Å². The van der Waals surface area contributed by atoms with E-state index in [0.29, 0.717) is 13.2 Å². The molecular weight excluding hydrogens is 238 g/mol. The van der Waals surface area contributed by atoms with Gasteiger partial charge in [-0.25, -0.2) is 0 Å². The number of rotatable bonds is 7. The molecule has 0 fully saturated rings. The predicted octanol–water partition coefficient (Wildman–Crippen LogP) is -1.21. The van der Waals surface area contributed by atoms with Gasteiger partial charge in [-0.05, 0) is 12.1 Å². The number of halogens is 1. The fraction of sp³-hybridized carbons (Fsp3) is 0.538. The third-order valence-corrected chi connectivity index (χ3v) is 2.15. The van der Waals surface area contributed by atoms with Crippen molar-refractivity contribution in [1.29, 1.82) is 0 Å². The maximum absolute atomic E-state index is 5.51. The lowest BCUT2D eigenvalue weighted by Gasteiger charge is -2.23. The molecule has 98 valence electrons. The Balaban J connectivity index is 0.00000256. The second-order valence-corrected chi connectivity index (χ2v) is 4.79. The van der Waals surface area contributed by atoms with E-state index in [-0.39, 0.29) is 12.4 Å². The zero-order valence-electron chi connectivity index (χ0n) is 10.9. The molecular formula is C13H22ClNO2. The molecule has 1 rings (SSSR count). The van der Waals surface area contributed by atoms with Crippen molar-refractivity contribution in [1.82, 2.24) is 0 Å². The van der Waals surface area contributed by atoms with E-state index >= 15 is 0 Å². The van der Waals surface area contributed by atoms with Crippen LogP contribution in [0.25, 0.3) is 0 Å². The van der Waals surface area contributed by atoms with Crippen LogP contribution >= 0.6 is 0 Å². The van der Waals surface area contributed by atoms with Gasteiger partial charge in [0.15, 0.2) is 0 Å². The van der Waals surface area contributed by atoms with Crippen molar-refractivity contribution in [3.8, 4) is 5.75 Å². The van der Waals surface area contributed by atoms with Crippen LogP contribution in [0.1, 0.15) is 0 Å². The minimum Gasteiger partial charge on any atom is -1.00 e. The van der Waals surface area contributed by atoms with Crippen LogP contribution in [0.15, 0.2) is 30.3 Å². The number of para-hydroxylation sites is 1. The first-order valence-electron chi connectivity index (χ1n) is 5.64. The number of likely N-dealkylation sites (N-methyl/N-ethyl adjacent to an activating group) is 1. The summed E-state index contributed by atoms with van der Waals surface area (Å²) >= 11 is 0. The average molecular weight is 260 g/mol. The van der Waals surface area contributed by atoms with Gasteiger partial charge in [0.05, 0.1) is 34.4 Å². The Kier molecular flexibility index (Phi) is 7.96. The minimum atomic E-state index is 0. The van der Waals surface area contributed by atoms with Gasteiger partial charge in [0.25, 0.3) is 0 Å². The highest BCUT2D eigenvalue weighted by Gasteiger charge is 2.05. The summed E-state index contributed by atoms with van der Waals surface area (Å²) in [6, 6.07) is 9.81. The van der Waals surface area contributed by atoms with Gasteiger partial charge in [0.2, 0.25) is 0 Å². The molecule has 1 aromatic rings. The molecule has 3 nitrogen and oxygen atoms in total. The summed E-state index contributed by atoms with van der Waals surface area (Å²) < 4.78 is 11.9. The number of quaternary nitrogens is 1. The molecule has 0 saturated carbocycles. The van der Waals surface area contributed by atoms with E-state index in [1.54, 1.807) is 0 Å². The summed E-state index contributed by atoms with van der Waals surface area (Å²) in [7, 11) is 6.47. The molecule has 0 bridgehead atoms. The smallest absolute Gasteiger partial charge is 0.119 e. The van der Waals surface area contributed by atoms with E-state index in [2.05, 4.69) is 21.1 Å². The van der Waals surface area contributed by atoms with E-state index in [0.717, 1.165) is 23.4 Å². The van der Waals surface area contributed by atoms with Crippen LogP contribution in [0.5, 0.6) is 5.75 Å². The zero-order chi connectivity index (χ0) is 11.9. The molecule has 0 N–H and O–H groups in total. The lowest BCUT2D eigenvalue weighted by Crippen LogP contribution is -3.00. The lowest BCUT2D eigenvalue weighted by atomic mass is 10.3. The lowest BCUT2D eigenvalue weighted by molar-refractivity contribution is -0.870. The molecule has 0 unspecified atom stereocenters. The summed E-state index contributed by atoms with van der Waals surface area (Å²) in [6.07, 6.45) is 0. The van der Waals surface area contributed by atoms with Crippen LogP contribution in [-0.4, -0.2) is 52.0 Å². The molecule has 0 aliphatic rings. The van der Waals surface area contributed by atoms with Crippen molar-refractivity contribution in [2.24, 2.45) is 0 Å². The molecule has 4 heteroatoms. The third kappa shape index (κ3) is 8.98. The standard InChI is InChI=1S/C13H22NO2.ClH/c1-14(2,3)9-10-15-11-12-16-13-7-5-4-6-8-13;/h4-8H,9-12H2,1-3H3;1H/q+1;/p-1. The van der Waals surface area contributed by atoms with Crippen LogP contribution in [0.3, 0.4) is 0 Å². The van der Waals surface area contributed by atoms with Gasteiger partial charge < -0.3 is 26.4 Å². The Bertz CT molecular complexity index is 285. The summed E-state index contributed by atoms with van der Waals surface area (Å²) in [5.41, 5.74) is 0. The normalized spacial score (nSPS) is 10.8. The molecule has 0 aliphatic heterocycles. The van der Waals surface area contributed by atoms with Gasteiger partial charge in [-0.15, -0.1) is 0 Å². The van der Waals surface area contributed by atoms with E-state index in [9.17, 15) is 0 Å². The fourth-order valence-electron chi connectivity index (χ4n) is 1.18. The van der Waals surface area contributed by atoms with Crippen molar-refractivity contribution in [3.05, 3.63) is 30.3 Å². The first kappa shape index (κ1) is 16.2. The number of hydrogen-bond acceptors (Lipinski definition) is 2. The highest BCUT2D eigenvalue weighted by atomic mass is 35.5. The largest absolute Gasteiger partial charge is 1.00 e. The molecule has 0 aliphatic carbocycles. The Morgan fingerprint density at radius 1 is 0.941 bits per heavy atom. The van der Waals surface area contributed by atoms with Crippen LogP contribution < -0.4 is 17.1 Å². The summed E-state index contributed by atoms with van der Waals surface area (Å²) in [5.74, 6) is 0.901. The van der Waals surface area contributed by atoms with Gasteiger partial charge in [-0.1, -0.05) is 18.2 Å². The Morgan fingerprint density at radius 3 is 2.18 bits per heavy atom. The molecule has 17 heavy (non-hydrogen) atoms. The number of ether oxygens (including phenoxy) is 2. The van der Waals surface area contributed by atoms with E-state index in [1.165, 1.54) is 0 Å². The van der Waals surface area contributed by atoms with Gasteiger partial charge in [-0.3, -0.25) is 0 Å². The van der Waals surface area contributed by atoms with Gasteiger partial charge >= 0.3 is 0 Å².